The number of aromatic hydroxyl groups is 1. The predicted molar refractivity (Wildman–Crippen MR) is 97.1 cm³/mol. The number of nitrogens with one attached hydrogen (secondary N) is 1. The Labute approximate surface area is 152 Å². The van der Waals surface area contributed by atoms with Crippen LogP contribution in [0.15, 0.2) is 16.6 Å². The third-order valence-electron chi connectivity index (χ3n) is 3.74. The molecule has 124 valence electrons. The van der Waals surface area contributed by atoms with Crippen molar-refractivity contribution in [2.45, 2.75) is 25.8 Å². The Balaban J connectivity index is 0.00000220. The number of halogens is 3. The molecule has 0 saturated carbocycles. The van der Waals surface area contributed by atoms with E-state index in [1.54, 1.807) is 6.07 Å². The molecular formula is C15H22BrCl2N3O. The topological polar surface area (TPSA) is 59.3 Å². The van der Waals surface area contributed by atoms with Gasteiger partial charge in [0.2, 0.25) is 0 Å². The van der Waals surface area contributed by atoms with Gasteiger partial charge in [-0.1, -0.05) is 13.3 Å². The van der Waals surface area contributed by atoms with Gasteiger partial charge in [0.15, 0.2) is 0 Å². The minimum atomic E-state index is 0. The summed E-state index contributed by atoms with van der Waals surface area (Å²) < 4.78 is 0.600. The van der Waals surface area contributed by atoms with E-state index in [-0.39, 0.29) is 36.6 Å². The summed E-state index contributed by atoms with van der Waals surface area (Å²) in [5.41, 5.74) is 1.44. The molecule has 1 aliphatic rings. The lowest BCUT2D eigenvalue weighted by atomic mass is 9.97. The molecule has 1 heterocycles. The highest BCUT2D eigenvalue weighted by Crippen LogP contribution is 2.37. The van der Waals surface area contributed by atoms with Crippen molar-refractivity contribution in [3.05, 3.63) is 27.7 Å². The first-order valence-electron chi connectivity index (χ1n) is 7.04. The Hall–Kier alpha value is -0.510. The highest BCUT2D eigenvalue weighted by molar-refractivity contribution is 9.10. The quantitative estimate of drug-likeness (QED) is 0.795. The molecule has 0 radical (unpaired) electrons. The van der Waals surface area contributed by atoms with E-state index in [9.17, 15) is 5.11 Å². The van der Waals surface area contributed by atoms with Gasteiger partial charge < -0.3 is 10.4 Å². The molecule has 1 aromatic carbocycles. The molecule has 7 heteroatoms. The Morgan fingerprint density at radius 3 is 2.55 bits per heavy atom. The molecule has 1 aromatic rings. The fourth-order valence-electron chi connectivity index (χ4n) is 2.74. The van der Waals surface area contributed by atoms with Crippen molar-refractivity contribution < 1.29 is 5.11 Å². The number of nitriles is 1. The second kappa shape index (κ2) is 10.3. The van der Waals surface area contributed by atoms with E-state index in [0.717, 1.165) is 44.6 Å². The molecule has 0 aliphatic carbocycles. The molecule has 1 fully saturated rings. The van der Waals surface area contributed by atoms with Gasteiger partial charge in [-0.25, -0.2) is 0 Å². The first kappa shape index (κ1) is 21.5. The van der Waals surface area contributed by atoms with E-state index in [1.165, 1.54) is 0 Å². The summed E-state index contributed by atoms with van der Waals surface area (Å²) in [7, 11) is 0. The number of phenolic OH excluding ortho intramolecular Hbond substituents is 1. The standard InChI is InChI=1S/C15H20BrN3O.2ClH/c1-2-3-14(19-6-4-18-5-7-19)12-8-11(10-17)9-13(16)15(12)20;;/h8-9,14,18,20H,2-7H2,1H3;2*1H/t14-;;/m1../s1. The average molecular weight is 411 g/mol. The molecule has 1 aliphatic heterocycles. The summed E-state index contributed by atoms with van der Waals surface area (Å²) in [4.78, 5) is 2.39. The lowest BCUT2D eigenvalue weighted by Crippen LogP contribution is -2.45. The summed E-state index contributed by atoms with van der Waals surface area (Å²) in [6.07, 6.45) is 2.03. The van der Waals surface area contributed by atoms with Gasteiger partial charge in [-0.05, 0) is 34.5 Å². The number of nitrogens with zero attached hydrogens (tertiary/aromatic N) is 2. The first-order valence-corrected chi connectivity index (χ1v) is 7.84. The normalized spacial score (nSPS) is 16.0. The molecule has 4 nitrogen and oxygen atoms in total. The zero-order chi connectivity index (χ0) is 14.5. The third-order valence-corrected chi connectivity index (χ3v) is 4.34. The van der Waals surface area contributed by atoms with E-state index in [0.29, 0.717) is 10.0 Å². The van der Waals surface area contributed by atoms with Crippen LogP contribution in [0.4, 0.5) is 0 Å². The lowest BCUT2D eigenvalue weighted by Gasteiger charge is -2.35. The van der Waals surface area contributed by atoms with Crippen LogP contribution in [-0.4, -0.2) is 36.2 Å². The fourth-order valence-corrected chi connectivity index (χ4v) is 3.22. The van der Waals surface area contributed by atoms with Crippen LogP contribution in [-0.2, 0) is 0 Å². The molecule has 2 rings (SSSR count). The van der Waals surface area contributed by atoms with Gasteiger partial charge in [0.25, 0.3) is 0 Å². The molecule has 0 aromatic heterocycles. The van der Waals surface area contributed by atoms with Crippen LogP contribution in [0.3, 0.4) is 0 Å². The van der Waals surface area contributed by atoms with E-state index < -0.39 is 0 Å². The van der Waals surface area contributed by atoms with Crippen molar-refractivity contribution in [1.29, 1.82) is 5.26 Å². The van der Waals surface area contributed by atoms with Gasteiger partial charge >= 0.3 is 0 Å². The number of benzene rings is 1. The zero-order valence-corrected chi connectivity index (χ0v) is 15.7. The van der Waals surface area contributed by atoms with Crippen LogP contribution in [0.25, 0.3) is 0 Å². The molecule has 0 unspecified atom stereocenters. The second-order valence-electron chi connectivity index (χ2n) is 5.10. The summed E-state index contributed by atoms with van der Waals surface area (Å²) >= 11 is 3.35. The molecule has 0 spiro atoms. The number of hydrogen-bond acceptors (Lipinski definition) is 4. The number of hydrogen-bond donors (Lipinski definition) is 2. The molecule has 22 heavy (non-hydrogen) atoms. The highest BCUT2D eigenvalue weighted by Gasteiger charge is 2.25. The highest BCUT2D eigenvalue weighted by atomic mass is 79.9. The Morgan fingerprint density at radius 1 is 1.36 bits per heavy atom. The van der Waals surface area contributed by atoms with Crippen LogP contribution >= 0.6 is 40.7 Å². The van der Waals surface area contributed by atoms with Gasteiger partial charge in [0.1, 0.15) is 5.75 Å². The van der Waals surface area contributed by atoms with Crippen LogP contribution in [0.2, 0.25) is 0 Å². The molecule has 1 atom stereocenters. The largest absolute Gasteiger partial charge is 0.506 e. The number of piperazine rings is 1. The van der Waals surface area contributed by atoms with Gasteiger partial charge in [0.05, 0.1) is 16.1 Å². The molecule has 2 N–H and O–H groups in total. The Bertz CT molecular complexity index is 516. The predicted octanol–water partition coefficient (Wildman–Crippen LogP) is 3.62. The van der Waals surface area contributed by atoms with Gasteiger partial charge in [-0.3, -0.25) is 4.90 Å². The monoisotopic (exact) mass is 409 g/mol. The van der Waals surface area contributed by atoms with E-state index >= 15 is 0 Å². The van der Waals surface area contributed by atoms with Crippen molar-refractivity contribution >= 4 is 40.7 Å². The zero-order valence-electron chi connectivity index (χ0n) is 12.5. The smallest absolute Gasteiger partial charge is 0.134 e. The SMILES string of the molecule is CCC[C@H](c1cc(C#N)cc(Br)c1O)N1CCNCC1.Cl.Cl. The van der Waals surface area contributed by atoms with E-state index in [2.05, 4.69) is 39.1 Å². The van der Waals surface area contributed by atoms with Gasteiger partial charge in [-0.15, -0.1) is 24.8 Å². The van der Waals surface area contributed by atoms with Crippen LogP contribution in [0.5, 0.6) is 5.75 Å². The van der Waals surface area contributed by atoms with Crippen molar-refractivity contribution in [1.82, 2.24) is 10.2 Å². The van der Waals surface area contributed by atoms with Crippen LogP contribution in [0, 0.1) is 11.3 Å². The van der Waals surface area contributed by atoms with E-state index in [4.69, 9.17) is 5.26 Å². The second-order valence-corrected chi connectivity index (χ2v) is 5.95. The summed E-state index contributed by atoms with van der Waals surface area (Å²) in [6.45, 7) is 6.03. The number of rotatable bonds is 4. The van der Waals surface area contributed by atoms with Crippen molar-refractivity contribution in [3.63, 3.8) is 0 Å². The summed E-state index contributed by atoms with van der Waals surface area (Å²) in [5.74, 6) is 0.265. The van der Waals surface area contributed by atoms with Gasteiger partial charge in [-0.2, -0.15) is 5.26 Å². The molecule has 0 amide bonds. The van der Waals surface area contributed by atoms with Crippen LogP contribution in [0.1, 0.15) is 36.9 Å². The molecular weight excluding hydrogens is 389 g/mol. The maximum Gasteiger partial charge on any atom is 0.134 e. The maximum absolute atomic E-state index is 10.3. The van der Waals surface area contributed by atoms with Crippen LogP contribution < -0.4 is 5.32 Å². The number of phenols is 1. The molecule has 1 saturated heterocycles. The summed E-state index contributed by atoms with van der Waals surface area (Å²) in [6, 6.07) is 5.82. The summed E-state index contributed by atoms with van der Waals surface area (Å²) in [5, 5.41) is 22.8. The maximum atomic E-state index is 10.3. The third kappa shape index (κ3) is 5.00. The average Bonchev–Trinajstić information content (AvgIpc) is 2.48. The van der Waals surface area contributed by atoms with Crippen molar-refractivity contribution in [2.75, 3.05) is 26.2 Å². The van der Waals surface area contributed by atoms with Crippen molar-refractivity contribution in [2.24, 2.45) is 0 Å². The molecule has 0 bridgehead atoms. The first-order chi connectivity index (χ1) is 9.67. The Kier molecular flexibility index (Phi) is 10.1. The van der Waals surface area contributed by atoms with E-state index in [1.807, 2.05) is 6.07 Å². The minimum Gasteiger partial charge on any atom is -0.506 e. The van der Waals surface area contributed by atoms with Gasteiger partial charge in [0, 0.05) is 37.8 Å². The Morgan fingerprint density at radius 2 is 2.00 bits per heavy atom. The lowest BCUT2D eigenvalue weighted by molar-refractivity contribution is 0.162. The minimum absolute atomic E-state index is 0. The fraction of sp³-hybridized carbons (Fsp3) is 0.533. The van der Waals surface area contributed by atoms with Crippen molar-refractivity contribution in [3.8, 4) is 11.8 Å².